The van der Waals surface area contributed by atoms with E-state index in [1.54, 1.807) is 0 Å². The Morgan fingerprint density at radius 2 is 0.429 bits per heavy atom. The first-order chi connectivity index (χ1) is 53.6. The van der Waals surface area contributed by atoms with Gasteiger partial charge in [0.05, 0.1) is 134 Å². The molecule has 0 heterocycles. The van der Waals surface area contributed by atoms with Crippen molar-refractivity contribution in [3.8, 4) is 138 Å². The Balaban J connectivity index is 0.000000311. The molecule has 0 saturated carbocycles. The minimum absolute atomic E-state index is 0.0587. The van der Waals surface area contributed by atoms with E-state index in [-0.39, 0.29) is 145 Å². The SMILES string of the molecule is COc1cc(C(=O)OCCC[C@@H](Cc2cc(O)c(O)c(O)c2)[C@@H](COC(=O)c2cc(OC)c(OC)c(OC)c2)Cc2cc(O)c(O)c(O)c2)cc(OC)c1OC.COc1cc(C(=O)OCCC[C@H](Cc2cc(O)c(O)c(O)c2)[C@H](COC(=O)c2cc(OC)c(OC)c(OC)c2)Cc2cc(O)c(O)c(O)c2)cc(OC)c1OC. The molecule has 0 aliphatic heterocycles. The summed E-state index contributed by atoms with van der Waals surface area (Å²) in [4.78, 5) is 53.3. The summed E-state index contributed by atoms with van der Waals surface area (Å²) in [6.07, 6.45) is 1.63. The standard InChI is InChI=1S/2C40H46O16/c2*1-49-31-16-24(17-32(50-2)37(31)53-5)39(47)55-9-7-8-23(10-21-12-27(41)35(45)28(42)13-21)26(11-22-14-29(43)36(46)30(44)15-22)20-56-40(48)25-18-33(51-3)38(54-6)34(19-25)52-4/h2*12-19,23,26,41-46H,7-11,20H2,1-6H3/t2*23-,26+/m10/s1. The molecular formula is C80H92O32. The fourth-order valence-corrected chi connectivity index (χ4v) is 12.6. The number of aromatic hydroxyl groups is 12. The van der Waals surface area contributed by atoms with Gasteiger partial charge in [-0.3, -0.25) is 0 Å². The minimum Gasteiger partial charge on any atom is -0.504 e. The van der Waals surface area contributed by atoms with Gasteiger partial charge in [-0.2, -0.15) is 0 Å². The number of esters is 4. The molecule has 32 nitrogen and oxygen atoms in total. The molecule has 0 fully saturated rings. The number of phenols is 12. The van der Waals surface area contributed by atoms with Crippen LogP contribution in [0.3, 0.4) is 0 Å². The normalized spacial score (nSPS) is 11.9. The first-order valence-electron chi connectivity index (χ1n) is 34.4. The van der Waals surface area contributed by atoms with E-state index in [1.807, 2.05) is 0 Å². The van der Waals surface area contributed by atoms with E-state index in [4.69, 9.17) is 75.8 Å². The second kappa shape index (κ2) is 40.3. The summed E-state index contributed by atoms with van der Waals surface area (Å²) in [6, 6.07) is 21.7. The minimum atomic E-state index is -0.747. The highest BCUT2D eigenvalue weighted by Gasteiger charge is 2.31. The lowest BCUT2D eigenvalue weighted by Crippen LogP contribution is -2.27. The Hall–Kier alpha value is -13.2. The second-order valence-electron chi connectivity index (χ2n) is 25.2. The van der Waals surface area contributed by atoms with Crippen LogP contribution >= 0.6 is 0 Å². The zero-order valence-electron chi connectivity index (χ0n) is 63.6. The molecule has 0 bridgehead atoms. The molecule has 0 radical (unpaired) electrons. The molecule has 0 aromatic heterocycles. The van der Waals surface area contributed by atoms with Gasteiger partial charge in [-0.25, -0.2) is 19.2 Å². The van der Waals surface area contributed by atoms with E-state index in [1.165, 1.54) is 182 Å². The maximum atomic E-state index is 13.5. The van der Waals surface area contributed by atoms with Crippen molar-refractivity contribution in [2.75, 3.05) is 112 Å². The fourth-order valence-electron chi connectivity index (χ4n) is 12.6. The zero-order chi connectivity index (χ0) is 82.2. The number of carbonyl (C=O) groups is 4. The lowest BCUT2D eigenvalue weighted by atomic mass is 9.80. The highest BCUT2D eigenvalue weighted by Crippen LogP contribution is 2.46. The van der Waals surface area contributed by atoms with Crippen LogP contribution in [0.5, 0.6) is 138 Å². The van der Waals surface area contributed by atoms with Gasteiger partial charge in [0.15, 0.2) is 115 Å². The molecule has 0 unspecified atom stereocenters. The maximum absolute atomic E-state index is 13.5. The number of benzene rings is 8. The van der Waals surface area contributed by atoms with Crippen LogP contribution in [0, 0.1) is 23.7 Å². The van der Waals surface area contributed by atoms with Gasteiger partial charge < -0.3 is 137 Å². The first-order valence-corrected chi connectivity index (χ1v) is 34.4. The number of carbonyl (C=O) groups excluding carboxylic acids is 4. The van der Waals surface area contributed by atoms with Crippen LogP contribution in [0.15, 0.2) is 97.1 Å². The van der Waals surface area contributed by atoms with Crippen LogP contribution in [0.2, 0.25) is 0 Å². The van der Waals surface area contributed by atoms with Crippen LogP contribution in [-0.4, -0.2) is 197 Å². The number of ether oxygens (including phenoxy) is 16. The van der Waals surface area contributed by atoms with Crippen molar-refractivity contribution in [3.63, 3.8) is 0 Å². The van der Waals surface area contributed by atoms with Gasteiger partial charge in [0.1, 0.15) is 0 Å². The van der Waals surface area contributed by atoms with Gasteiger partial charge in [0.2, 0.25) is 23.0 Å². The van der Waals surface area contributed by atoms with E-state index in [2.05, 4.69) is 0 Å². The number of methoxy groups -OCH3 is 12. The Bertz CT molecular complexity index is 4110. The Kier molecular flexibility index (Phi) is 31.0. The monoisotopic (exact) mass is 1560 g/mol. The number of rotatable bonds is 38. The van der Waals surface area contributed by atoms with Crippen molar-refractivity contribution in [3.05, 3.63) is 142 Å². The van der Waals surface area contributed by atoms with Crippen LogP contribution in [0.4, 0.5) is 0 Å². The fraction of sp³-hybridized carbons (Fsp3) is 0.350. The highest BCUT2D eigenvalue weighted by molar-refractivity contribution is 5.93. The molecule has 0 saturated heterocycles. The highest BCUT2D eigenvalue weighted by atomic mass is 16.6. The third-order valence-electron chi connectivity index (χ3n) is 18.2. The van der Waals surface area contributed by atoms with Crippen LogP contribution in [0.1, 0.15) is 89.4 Å². The van der Waals surface area contributed by atoms with Crippen molar-refractivity contribution in [2.24, 2.45) is 23.7 Å². The topological polar surface area (TPSA) is 459 Å². The molecule has 0 aliphatic rings. The van der Waals surface area contributed by atoms with Crippen molar-refractivity contribution < 1.29 is 156 Å². The molecule has 112 heavy (non-hydrogen) atoms. The molecule has 8 aromatic rings. The van der Waals surface area contributed by atoms with Crippen molar-refractivity contribution in [1.82, 2.24) is 0 Å². The van der Waals surface area contributed by atoms with E-state index in [9.17, 15) is 80.5 Å². The zero-order valence-corrected chi connectivity index (χ0v) is 63.6. The third kappa shape index (κ3) is 21.6. The second-order valence-corrected chi connectivity index (χ2v) is 25.2. The quantitative estimate of drug-likeness (QED) is 0.00740. The molecule has 0 spiro atoms. The Morgan fingerprint density at radius 1 is 0.250 bits per heavy atom. The molecule has 0 aliphatic carbocycles. The number of hydrogen-bond donors (Lipinski definition) is 12. The lowest BCUT2D eigenvalue weighted by Gasteiger charge is -2.28. The summed E-state index contributed by atoms with van der Waals surface area (Å²) in [7, 11) is 17.0. The summed E-state index contributed by atoms with van der Waals surface area (Å²) >= 11 is 0. The molecular weight excluding hydrogens is 1470 g/mol. The summed E-state index contributed by atoms with van der Waals surface area (Å²) < 4.78 is 87.1. The molecule has 8 rings (SSSR count). The molecule has 604 valence electrons. The molecule has 12 N–H and O–H groups in total. The van der Waals surface area contributed by atoms with Gasteiger partial charge in [0.25, 0.3) is 0 Å². The number of hydrogen-bond acceptors (Lipinski definition) is 32. The van der Waals surface area contributed by atoms with Gasteiger partial charge in [-0.05, 0) is 183 Å². The van der Waals surface area contributed by atoms with Crippen molar-refractivity contribution in [1.29, 1.82) is 0 Å². The van der Waals surface area contributed by atoms with E-state index >= 15 is 0 Å². The van der Waals surface area contributed by atoms with Gasteiger partial charge in [0, 0.05) is 11.8 Å². The van der Waals surface area contributed by atoms with Crippen LogP contribution in [0.25, 0.3) is 0 Å². The maximum Gasteiger partial charge on any atom is 0.338 e. The largest absolute Gasteiger partial charge is 0.504 e. The Morgan fingerprint density at radius 3 is 0.607 bits per heavy atom. The van der Waals surface area contributed by atoms with E-state index < -0.39 is 117 Å². The molecule has 0 amide bonds. The smallest absolute Gasteiger partial charge is 0.338 e. The summed E-state index contributed by atoms with van der Waals surface area (Å²) in [5, 5.41) is 122. The summed E-state index contributed by atoms with van der Waals surface area (Å²) in [6.45, 7) is -0.582. The third-order valence-corrected chi connectivity index (χ3v) is 18.2. The molecule has 4 atom stereocenters. The summed E-state index contributed by atoms with van der Waals surface area (Å²) in [5.41, 5.74) is 2.04. The first kappa shape index (κ1) is 86.1. The van der Waals surface area contributed by atoms with Crippen LogP contribution < -0.4 is 56.8 Å². The van der Waals surface area contributed by atoms with Crippen molar-refractivity contribution in [2.45, 2.75) is 51.4 Å². The summed E-state index contributed by atoms with van der Waals surface area (Å²) in [5.74, 6) is -9.27. The van der Waals surface area contributed by atoms with Crippen molar-refractivity contribution >= 4 is 23.9 Å². The van der Waals surface area contributed by atoms with Crippen LogP contribution in [-0.2, 0) is 44.6 Å². The Labute approximate surface area is 644 Å². The predicted octanol–water partition coefficient (Wildman–Crippen LogP) is 11.0. The predicted molar refractivity (Wildman–Crippen MR) is 399 cm³/mol. The average molecular weight is 1570 g/mol. The number of phenolic OH excluding ortho intramolecular Hbond substituents is 12. The van der Waals surface area contributed by atoms with E-state index in [0.717, 1.165) is 0 Å². The molecule has 32 heteroatoms. The van der Waals surface area contributed by atoms with Gasteiger partial charge in [-0.15, -0.1) is 0 Å². The molecule has 8 aromatic carbocycles. The van der Waals surface area contributed by atoms with E-state index in [0.29, 0.717) is 46.6 Å². The van der Waals surface area contributed by atoms with Gasteiger partial charge in [-0.1, -0.05) is 0 Å². The average Bonchev–Trinajstić information content (AvgIpc) is 0.830. The van der Waals surface area contributed by atoms with Gasteiger partial charge >= 0.3 is 23.9 Å². The lowest BCUT2D eigenvalue weighted by molar-refractivity contribution is 0.0358.